The molecule has 59 heavy (non-hydrogen) atoms. The molecule has 304 valence electrons. The minimum absolute atomic E-state index is 0.00557. The molecule has 11 heteroatoms. The first-order chi connectivity index (χ1) is 28.9. The summed E-state index contributed by atoms with van der Waals surface area (Å²) in [6.45, 7) is 0.407. The van der Waals surface area contributed by atoms with Crippen molar-refractivity contribution in [2.45, 2.75) is 81.8 Å². The molecule has 1 aliphatic rings. The Bertz CT molecular complexity index is 2190. The summed E-state index contributed by atoms with van der Waals surface area (Å²) in [5, 5.41) is 21.8. The van der Waals surface area contributed by atoms with Gasteiger partial charge in [0.25, 0.3) is 5.22 Å². The average Bonchev–Trinajstić information content (AvgIpc) is 3.74. The molecule has 0 spiro atoms. The molecule has 4 N–H and O–H groups in total. The van der Waals surface area contributed by atoms with Crippen LogP contribution in [0.2, 0.25) is 0 Å². The summed E-state index contributed by atoms with van der Waals surface area (Å²) in [6.07, 6.45) is 3.42. The first kappa shape index (κ1) is 41.6. The van der Waals surface area contributed by atoms with Crippen LogP contribution >= 0.6 is 11.8 Å². The highest BCUT2D eigenvalue weighted by molar-refractivity contribution is 7.99. The number of rotatable bonds is 18. The van der Waals surface area contributed by atoms with E-state index in [1.54, 1.807) is 5.48 Å². The summed E-state index contributed by atoms with van der Waals surface area (Å²) in [5.41, 5.74) is 10.2. The molecule has 0 radical (unpaired) electrons. The maximum atomic E-state index is 12.5. The van der Waals surface area contributed by atoms with E-state index in [0.29, 0.717) is 36.8 Å². The monoisotopic (exact) mass is 811 g/mol. The van der Waals surface area contributed by atoms with Crippen molar-refractivity contribution in [3.05, 3.63) is 156 Å². The third kappa shape index (κ3) is 11.6. The van der Waals surface area contributed by atoms with E-state index in [1.165, 1.54) is 11.8 Å². The van der Waals surface area contributed by atoms with Crippen molar-refractivity contribution < 1.29 is 33.8 Å². The third-order valence-corrected chi connectivity index (χ3v) is 11.3. The Kier molecular flexibility index (Phi) is 14.7. The highest BCUT2D eigenvalue weighted by Crippen LogP contribution is 2.41. The Labute approximate surface area is 349 Å². The van der Waals surface area contributed by atoms with E-state index >= 15 is 0 Å². The number of thioether (sulfide) groups is 1. The number of benzene rings is 5. The summed E-state index contributed by atoms with van der Waals surface area (Å²) in [4.78, 5) is 28.6. The van der Waals surface area contributed by atoms with E-state index in [-0.39, 0.29) is 37.0 Å². The van der Waals surface area contributed by atoms with E-state index in [1.807, 2.05) is 109 Å². The zero-order valence-electron chi connectivity index (χ0n) is 32.8. The summed E-state index contributed by atoms with van der Waals surface area (Å²) < 4.78 is 19.7. The van der Waals surface area contributed by atoms with Gasteiger partial charge in [0.2, 0.25) is 11.8 Å². The van der Waals surface area contributed by atoms with Crippen LogP contribution < -0.4 is 10.8 Å². The fourth-order valence-corrected chi connectivity index (χ4v) is 7.93. The lowest BCUT2D eigenvalue weighted by atomic mass is 9.99. The number of unbranched alkanes of at least 4 members (excludes halogenated alkanes) is 3. The first-order valence-electron chi connectivity index (χ1n) is 20.1. The lowest BCUT2D eigenvalue weighted by Crippen LogP contribution is -2.31. The van der Waals surface area contributed by atoms with Crippen molar-refractivity contribution >= 4 is 23.6 Å². The molecule has 0 unspecified atom stereocenters. The van der Waals surface area contributed by atoms with Gasteiger partial charge in [-0.2, -0.15) is 0 Å². The number of aliphatic hydroxyl groups is 1. The number of hydrogen-bond acceptors (Lipinski definition) is 9. The molecule has 3 atom stereocenters. The number of aromatic nitrogens is 1. The van der Waals surface area contributed by atoms with Gasteiger partial charge in [-0.1, -0.05) is 152 Å². The van der Waals surface area contributed by atoms with Gasteiger partial charge in [-0.15, -0.1) is 0 Å². The molecule has 10 nitrogen and oxygen atoms in total. The molecule has 1 aromatic heterocycles. The van der Waals surface area contributed by atoms with Crippen LogP contribution in [0.25, 0.3) is 33.7 Å². The minimum atomic E-state index is -0.614. The molecule has 2 heterocycles. The topological polar surface area (TPSA) is 143 Å². The average molecular weight is 812 g/mol. The number of carbonyl (C=O) groups is 2. The molecule has 1 aliphatic heterocycles. The molecule has 0 bridgehead atoms. The summed E-state index contributed by atoms with van der Waals surface area (Å²) in [6, 6.07) is 44.3. The van der Waals surface area contributed by atoms with E-state index in [0.717, 1.165) is 75.2 Å². The smallest absolute Gasteiger partial charge is 0.256 e. The molecule has 1 saturated heterocycles. The van der Waals surface area contributed by atoms with Crippen molar-refractivity contribution in [2.24, 2.45) is 0 Å². The molecule has 1 fully saturated rings. The maximum Gasteiger partial charge on any atom is 0.256 e. The number of oxazole rings is 1. The zero-order chi connectivity index (χ0) is 40.8. The highest BCUT2D eigenvalue weighted by Gasteiger charge is 2.33. The largest absolute Gasteiger partial charge is 0.431 e. The second-order valence-corrected chi connectivity index (χ2v) is 15.6. The predicted molar refractivity (Wildman–Crippen MR) is 228 cm³/mol. The zero-order valence-corrected chi connectivity index (χ0v) is 33.6. The number of carbonyl (C=O) groups excluding carboxylic acids is 2. The lowest BCUT2D eigenvalue weighted by molar-refractivity contribution is -0.245. The number of hydroxylamine groups is 1. The summed E-state index contributed by atoms with van der Waals surface area (Å²) in [5.74, 6) is 0.939. The Morgan fingerprint density at radius 2 is 1.34 bits per heavy atom. The second kappa shape index (κ2) is 20.9. The Morgan fingerprint density at radius 3 is 2.03 bits per heavy atom. The van der Waals surface area contributed by atoms with Gasteiger partial charge >= 0.3 is 0 Å². The van der Waals surface area contributed by atoms with Crippen LogP contribution in [0.15, 0.2) is 143 Å². The van der Waals surface area contributed by atoms with Crippen molar-refractivity contribution in [3.63, 3.8) is 0 Å². The van der Waals surface area contributed by atoms with Gasteiger partial charge in [-0.3, -0.25) is 14.8 Å². The third-order valence-electron chi connectivity index (χ3n) is 10.3. The molecular formula is C48H49N3O7S. The molecule has 0 aliphatic carbocycles. The SMILES string of the molecule is O=C(CCCCCCC(=O)NCc1cccc(-c2ccc([C@H]3O[C@@H](CSc4nc(-c5ccccc5)c(-c5ccccc5)o4)C[C@@H](c4ccc(CO)cc4)O3)cc2)c1)NO. The lowest BCUT2D eigenvalue weighted by Gasteiger charge is -2.36. The van der Waals surface area contributed by atoms with Crippen LogP contribution in [0.3, 0.4) is 0 Å². The fourth-order valence-electron chi connectivity index (χ4n) is 7.09. The van der Waals surface area contributed by atoms with Crippen LogP contribution in [0, 0.1) is 0 Å². The van der Waals surface area contributed by atoms with Gasteiger partial charge in [0.15, 0.2) is 12.1 Å². The predicted octanol–water partition coefficient (Wildman–Crippen LogP) is 9.97. The van der Waals surface area contributed by atoms with E-state index in [4.69, 9.17) is 24.1 Å². The van der Waals surface area contributed by atoms with Crippen LogP contribution in [-0.4, -0.2) is 39.0 Å². The van der Waals surface area contributed by atoms with Crippen LogP contribution in [0.1, 0.15) is 79.6 Å². The Balaban J connectivity index is 1.01. The van der Waals surface area contributed by atoms with Gasteiger partial charge in [0.05, 0.1) is 18.8 Å². The van der Waals surface area contributed by atoms with Gasteiger partial charge < -0.3 is 24.3 Å². The number of aliphatic hydroxyl groups excluding tert-OH is 1. The van der Waals surface area contributed by atoms with Crippen molar-refractivity contribution in [1.82, 2.24) is 15.8 Å². The van der Waals surface area contributed by atoms with Crippen molar-refractivity contribution in [2.75, 3.05) is 5.75 Å². The number of amides is 2. The Hall–Kier alpha value is -5.56. The van der Waals surface area contributed by atoms with Gasteiger partial charge in [0, 0.05) is 48.3 Å². The molecule has 6 aromatic rings. The molecule has 5 aromatic carbocycles. The van der Waals surface area contributed by atoms with Crippen molar-refractivity contribution in [1.29, 1.82) is 0 Å². The van der Waals surface area contributed by atoms with Crippen molar-refractivity contribution in [3.8, 4) is 33.7 Å². The molecule has 0 saturated carbocycles. The van der Waals surface area contributed by atoms with E-state index in [9.17, 15) is 14.7 Å². The van der Waals surface area contributed by atoms with Gasteiger partial charge in [-0.05, 0) is 46.7 Å². The molecule has 2 amide bonds. The normalized spacial score (nSPS) is 16.4. The van der Waals surface area contributed by atoms with Crippen LogP contribution in [0.5, 0.6) is 0 Å². The number of nitrogens with zero attached hydrogens (tertiary/aromatic N) is 1. The highest BCUT2D eigenvalue weighted by atomic mass is 32.2. The first-order valence-corrected chi connectivity index (χ1v) is 21.1. The van der Waals surface area contributed by atoms with Gasteiger partial charge in [-0.25, -0.2) is 10.5 Å². The maximum absolute atomic E-state index is 12.5. The van der Waals surface area contributed by atoms with E-state index in [2.05, 4.69) is 29.6 Å². The van der Waals surface area contributed by atoms with Crippen LogP contribution in [-0.2, 0) is 32.2 Å². The molecule has 7 rings (SSSR count). The molecular weight excluding hydrogens is 763 g/mol. The standard InChI is InChI=1S/C48H49N3O7S/c52-31-33-20-22-36(23-21-33)42-29-41(32-59-48-50-45(37-13-5-3-6-14-37)46(58-48)38-15-7-4-8-16-38)56-47(57-42)39-26-24-35(25-27-39)40-17-11-12-34(28-40)30-49-43(53)18-9-1-2-10-19-44(54)51-55/h3-8,11-17,20-28,41-42,47,52,55H,1-2,9-10,18-19,29-32H2,(H,49,53)(H,51,54)/t41-,42+,47+/m1/s1. The fraction of sp³-hybridized carbons (Fsp3) is 0.271. The summed E-state index contributed by atoms with van der Waals surface area (Å²) >= 11 is 1.53. The minimum Gasteiger partial charge on any atom is -0.431 e. The van der Waals surface area contributed by atoms with Crippen LogP contribution in [0.4, 0.5) is 0 Å². The second-order valence-electron chi connectivity index (χ2n) is 14.6. The Morgan fingerprint density at radius 1 is 0.678 bits per heavy atom. The summed E-state index contributed by atoms with van der Waals surface area (Å²) in [7, 11) is 0. The number of ether oxygens (including phenoxy) is 2. The van der Waals surface area contributed by atoms with E-state index < -0.39 is 6.29 Å². The number of hydrogen-bond donors (Lipinski definition) is 4. The quantitative estimate of drug-likeness (QED) is 0.0289. The number of nitrogens with one attached hydrogen (secondary N) is 2. The van der Waals surface area contributed by atoms with Gasteiger partial charge in [0.1, 0.15) is 5.69 Å².